The van der Waals surface area contributed by atoms with Crippen molar-refractivity contribution in [1.82, 2.24) is 5.32 Å². The average molecular weight is 533 g/mol. The third-order valence-corrected chi connectivity index (χ3v) is 9.34. The summed E-state index contributed by atoms with van der Waals surface area (Å²) in [6.07, 6.45) is 3.60. The van der Waals surface area contributed by atoms with Crippen molar-refractivity contribution in [2.24, 2.45) is 0 Å². The van der Waals surface area contributed by atoms with Crippen LogP contribution in [0, 0.1) is 0 Å². The van der Waals surface area contributed by atoms with Gasteiger partial charge in [0, 0.05) is 0 Å². The van der Waals surface area contributed by atoms with Crippen molar-refractivity contribution >= 4 is 21.6 Å². The summed E-state index contributed by atoms with van der Waals surface area (Å²) >= 11 is 0. The number of ether oxygens (including phenoxy) is 1. The molecule has 1 amide bonds. The molecule has 5 rings (SSSR count). The summed E-state index contributed by atoms with van der Waals surface area (Å²) in [4.78, 5) is 13.6. The van der Waals surface area contributed by atoms with Gasteiger partial charge >= 0.3 is 0 Å². The minimum atomic E-state index is -3.92. The summed E-state index contributed by atoms with van der Waals surface area (Å²) in [6.45, 7) is 8.07. The van der Waals surface area contributed by atoms with E-state index in [1.807, 2.05) is 19.1 Å². The molecule has 0 bridgehead atoms. The normalized spacial score (nSPS) is 18.1. The Morgan fingerprint density at radius 1 is 0.974 bits per heavy atom. The number of carbonyl (C=O) groups excluding carboxylic acids is 1. The molecule has 0 radical (unpaired) electrons. The summed E-state index contributed by atoms with van der Waals surface area (Å²) in [5.74, 6) is 0.0411. The first kappa shape index (κ1) is 26.3. The van der Waals surface area contributed by atoms with E-state index >= 15 is 0 Å². The molecule has 1 heterocycles. The van der Waals surface area contributed by atoms with E-state index < -0.39 is 16.1 Å². The van der Waals surface area contributed by atoms with Gasteiger partial charge in [0.05, 0.1) is 23.2 Å². The summed E-state index contributed by atoms with van der Waals surface area (Å²) in [5, 5.41) is 3.07. The zero-order chi connectivity index (χ0) is 27.1. The van der Waals surface area contributed by atoms with Crippen LogP contribution in [0.4, 0.5) is 5.69 Å². The number of sulfonamides is 1. The quantitative estimate of drug-likeness (QED) is 0.458. The molecule has 3 aromatic carbocycles. The van der Waals surface area contributed by atoms with E-state index in [4.69, 9.17) is 4.74 Å². The zero-order valence-electron chi connectivity index (χ0n) is 22.5. The number of aryl methyl sites for hydroxylation is 2. The first-order valence-electron chi connectivity index (χ1n) is 13.3. The summed E-state index contributed by atoms with van der Waals surface area (Å²) in [6, 6.07) is 20.1. The number of hydrogen-bond acceptors (Lipinski definition) is 4. The molecule has 0 saturated heterocycles. The number of anilines is 1. The van der Waals surface area contributed by atoms with Crippen LogP contribution >= 0.6 is 0 Å². The highest BCUT2D eigenvalue weighted by Crippen LogP contribution is 2.40. The zero-order valence-corrected chi connectivity index (χ0v) is 23.3. The van der Waals surface area contributed by atoms with Crippen molar-refractivity contribution in [3.63, 3.8) is 0 Å². The number of amides is 1. The van der Waals surface area contributed by atoms with E-state index in [1.54, 1.807) is 36.4 Å². The Morgan fingerprint density at radius 2 is 1.68 bits per heavy atom. The van der Waals surface area contributed by atoms with Crippen LogP contribution in [0.25, 0.3) is 0 Å². The Balaban J connectivity index is 1.44. The van der Waals surface area contributed by atoms with Crippen LogP contribution < -0.4 is 14.4 Å². The number of benzene rings is 3. The number of hydrogen-bond donors (Lipinski definition) is 1. The van der Waals surface area contributed by atoms with Gasteiger partial charge in [-0.3, -0.25) is 9.10 Å². The minimum Gasteiger partial charge on any atom is -0.476 e. The second-order valence-electron chi connectivity index (χ2n) is 11.4. The predicted octanol–water partition coefficient (Wildman–Crippen LogP) is 5.70. The van der Waals surface area contributed by atoms with E-state index in [1.165, 1.54) is 28.3 Å². The number of nitrogens with one attached hydrogen (secondary N) is 1. The molecule has 3 aromatic rings. The van der Waals surface area contributed by atoms with Gasteiger partial charge in [0.1, 0.15) is 5.75 Å². The molecule has 2 aliphatic rings. The molecule has 6 nitrogen and oxygen atoms in total. The third kappa shape index (κ3) is 5.17. The molecular formula is C31H36N2O4S. The Hall–Kier alpha value is -3.32. The number of rotatable bonds is 5. The van der Waals surface area contributed by atoms with Crippen LogP contribution in [0.15, 0.2) is 71.6 Å². The minimum absolute atomic E-state index is 0.111. The molecular weight excluding hydrogens is 496 g/mol. The molecule has 200 valence electrons. The van der Waals surface area contributed by atoms with Crippen molar-refractivity contribution in [1.29, 1.82) is 0 Å². The lowest BCUT2D eigenvalue weighted by Gasteiger charge is -2.36. The van der Waals surface area contributed by atoms with Gasteiger partial charge in [0.15, 0.2) is 6.10 Å². The van der Waals surface area contributed by atoms with E-state index in [2.05, 4.69) is 44.3 Å². The van der Waals surface area contributed by atoms with Crippen molar-refractivity contribution in [2.45, 2.75) is 75.8 Å². The largest absolute Gasteiger partial charge is 0.476 e. The monoisotopic (exact) mass is 532 g/mol. The van der Waals surface area contributed by atoms with E-state index in [9.17, 15) is 13.2 Å². The Bertz CT molecular complexity index is 1440. The molecule has 7 heteroatoms. The fraction of sp³-hybridized carbons (Fsp3) is 0.387. The van der Waals surface area contributed by atoms with Gasteiger partial charge in [-0.15, -0.1) is 0 Å². The molecule has 1 aliphatic heterocycles. The maximum atomic E-state index is 13.8. The SMILES string of the molecule is C[C@@H](NC(=O)[C@@H]1CN(S(=O)(=O)c2ccccc2)c2cc(C(C)(C)C)ccc2O1)c1ccc2c(c1)CCCC2. The van der Waals surface area contributed by atoms with Crippen LogP contribution in [-0.2, 0) is 33.1 Å². The van der Waals surface area contributed by atoms with Gasteiger partial charge in [0.25, 0.3) is 15.9 Å². The predicted molar refractivity (Wildman–Crippen MR) is 150 cm³/mol. The maximum Gasteiger partial charge on any atom is 0.264 e. The number of nitrogens with zero attached hydrogens (tertiary/aromatic N) is 1. The van der Waals surface area contributed by atoms with E-state index in [-0.39, 0.29) is 28.8 Å². The highest BCUT2D eigenvalue weighted by atomic mass is 32.2. The van der Waals surface area contributed by atoms with Gasteiger partial charge in [0.2, 0.25) is 0 Å². The fourth-order valence-electron chi connectivity index (χ4n) is 5.21. The highest BCUT2D eigenvalue weighted by molar-refractivity contribution is 7.92. The highest BCUT2D eigenvalue weighted by Gasteiger charge is 2.38. The van der Waals surface area contributed by atoms with E-state index in [0.29, 0.717) is 11.4 Å². The van der Waals surface area contributed by atoms with Crippen molar-refractivity contribution in [3.8, 4) is 5.75 Å². The number of fused-ring (bicyclic) bond motifs is 2. The molecule has 1 aliphatic carbocycles. The van der Waals surface area contributed by atoms with Crippen LogP contribution in [-0.4, -0.2) is 27.0 Å². The second-order valence-corrected chi connectivity index (χ2v) is 13.2. The van der Waals surface area contributed by atoms with Crippen LogP contribution in [0.2, 0.25) is 0 Å². The van der Waals surface area contributed by atoms with Gasteiger partial charge in [-0.25, -0.2) is 8.42 Å². The Kier molecular flexibility index (Phi) is 6.99. The smallest absolute Gasteiger partial charge is 0.264 e. The second kappa shape index (κ2) is 10.1. The van der Waals surface area contributed by atoms with Crippen molar-refractivity contribution in [3.05, 3.63) is 89.0 Å². The summed E-state index contributed by atoms with van der Waals surface area (Å²) in [5.41, 5.74) is 5.04. The van der Waals surface area contributed by atoms with Crippen molar-refractivity contribution < 1.29 is 17.9 Å². The Labute approximate surface area is 226 Å². The third-order valence-electron chi connectivity index (χ3n) is 7.55. The van der Waals surface area contributed by atoms with Gasteiger partial charge in [-0.05, 0) is 84.5 Å². The first-order valence-corrected chi connectivity index (χ1v) is 14.8. The molecule has 0 spiro atoms. The lowest BCUT2D eigenvalue weighted by molar-refractivity contribution is -0.128. The number of carbonyl (C=O) groups is 1. The Morgan fingerprint density at radius 3 is 2.39 bits per heavy atom. The van der Waals surface area contributed by atoms with Crippen LogP contribution in [0.3, 0.4) is 0 Å². The van der Waals surface area contributed by atoms with Crippen LogP contribution in [0.5, 0.6) is 5.75 Å². The molecule has 0 saturated carbocycles. The molecule has 0 unspecified atom stereocenters. The first-order chi connectivity index (χ1) is 18.0. The maximum absolute atomic E-state index is 13.8. The van der Waals surface area contributed by atoms with Gasteiger partial charge < -0.3 is 10.1 Å². The van der Waals surface area contributed by atoms with Crippen LogP contribution in [0.1, 0.15) is 68.8 Å². The summed E-state index contributed by atoms with van der Waals surface area (Å²) < 4.78 is 35.1. The fourth-order valence-corrected chi connectivity index (χ4v) is 6.70. The van der Waals surface area contributed by atoms with Gasteiger partial charge in [-0.1, -0.05) is 63.2 Å². The lowest BCUT2D eigenvalue weighted by atomic mass is 9.86. The summed E-state index contributed by atoms with van der Waals surface area (Å²) in [7, 11) is -3.92. The molecule has 38 heavy (non-hydrogen) atoms. The van der Waals surface area contributed by atoms with Gasteiger partial charge in [-0.2, -0.15) is 0 Å². The topological polar surface area (TPSA) is 75.7 Å². The van der Waals surface area contributed by atoms with Crippen molar-refractivity contribution in [2.75, 3.05) is 10.8 Å². The standard InChI is InChI=1S/C31H36N2O4S/c1-21(23-15-14-22-10-8-9-11-24(22)18-23)32-30(34)29-20-33(38(35,36)26-12-6-5-7-13-26)27-19-25(31(2,3)4)16-17-28(27)37-29/h5-7,12-19,21,29H,8-11,20H2,1-4H3,(H,32,34)/t21-,29+/m1/s1. The molecule has 2 atom stereocenters. The lowest BCUT2D eigenvalue weighted by Crippen LogP contribution is -2.51. The molecule has 1 N–H and O–H groups in total. The average Bonchev–Trinajstić information content (AvgIpc) is 2.91. The molecule has 0 fully saturated rings. The van der Waals surface area contributed by atoms with E-state index in [0.717, 1.165) is 24.0 Å². The molecule has 0 aromatic heterocycles.